The van der Waals surface area contributed by atoms with Crippen LogP contribution < -0.4 is 10.6 Å². The summed E-state index contributed by atoms with van der Waals surface area (Å²) in [6.07, 6.45) is 2.10. The second kappa shape index (κ2) is 6.03. The van der Waals surface area contributed by atoms with Crippen molar-refractivity contribution < 1.29 is 14.7 Å². The van der Waals surface area contributed by atoms with Gasteiger partial charge in [0.25, 0.3) is 0 Å². The van der Waals surface area contributed by atoms with E-state index in [9.17, 15) is 14.7 Å². The Bertz CT molecular complexity index is 559. The summed E-state index contributed by atoms with van der Waals surface area (Å²) in [4.78, 5) is 27.0. The highest BCUT2D eigenvalue weighted by Gasteiger charge is 2.26. The Balaban J connectivity index is 2.25. The second-order valence-electron chi connectivity index (χ2n) is 5.62. The van der Waals surface area contributed by atoms with E-state index in [1.165, 1.54) is 11.0 Å². The first kappa shape index (κ1) is 15.2. The number of carboxylic acid groups (broad SMARTS) is 1. The number of nitrogen functional groups attached to an aromatic ring is 1. The number of piperidine rings is 1. The lowest BCUT2D eigenvalue weighted by molar-refractivity contribution is 0.0697. The Hall–Kier alpha value is -2.24. The molecule has 1 unspecified atom stereocenters. The van der Waals surface area contributed by atoms with Gasteiger partial charge in [0.1, 0.15) is 0 Å². The molecule has 0 bridgehead atoms. The molecule has 1 atom stereocenters. The first-order valence-electron chi connectivity index (χ1n) is 7.05. The van der Waals surface area contributed by atoms with E-state index in [1.54, 1.807) is 24.1 Å². The van der Waals surface area contributed by atoms with E-state index in [0.717, 1.165) is 12.8 Å². The zero-order valence-electron chi connectivity index (χ0n) is 12.4. The molecule has 0 aliphatic carbocycles. The Morgan fingerprint density at radius 1 is 1.43 bits per heavy atom. The topological polar surface area (TPSA) is 86.9 Å². The predicted molar refractivity (Wildman–Crippen MR) is 81.6 cm³/mol. The fourth-order valence-corrected chi connectivity index (χ4v) is 2.70. The number of aromatic carboxylic acids is 1. The Morgan fingerprint density at radius 3 is 2.76 bits per heavy atom. The Labute approximate surface area is 124 Å². The van der Waals surface area contributed by atoms with Crippen molar-refractivity contribution in [2.24, 2.45) is 5.92 Å². The summed E-state index contributed by atoms with van der Waals surface area (Å²) in [6, 6.07) is 4.38. The highest BCUT2D eigenvalue weighted by Crippen LogP contribution is 2.25. The van der Waals surface area contributed by atoms with Crippen LogP contribution in [0.25, 0.3) is 0 Å². The zero-order valence-corrected chi connectivity index (χ0v) is 12.4. The number of amides is 2. The molecule has 1 aromatic carbocycles. The fourth-order valence-electron chi connectivity index (χ4n) is 2.70. The molecule has 0 radical (unpaired) electrons. The summed E-state index contributed by atoms with van der Waals surface area (Å²) in [5.74, 6) is -0.620. The molecule has 0 spiro atoms. The van der Waals surface area contributed by atoms with Crippen LogP contribution in [0.5, 0.6) is 0 Å². The predicted octanol–water partition coefficient (Wildman–Crippen LogP) is 2.26. The van der Waals surface area contributed by atoms with E-state index in [-0.39, 0.29) is 11.6 Å². The number of nitrogens with two attached hydrogens (primary N) is 1. The Morgan fingerprint density at radius 2 is 2.14 bits per heavy atom. The SMILES string of the molecule is CC1CCCN(C(=O)N(C)c2ccc(N)cc2C(=O)O)C1. The third-order valence-electron chi connectivity index (χ3n) is 3.83. The lowest BCUT2D eigenvalue weighted by Crippen LogP contribution is -2.46. The maximum atomic E-state index is 12.5. The average molecular weight is 291 g/mol. The number of carbonyl (C=O) groups excluding carboxylic acids is 1. The van der Waals surface area contributed by atoms with E-state index in [2.05, 4.69) is 6.92 Å². The fraction of sp³-hybridized carbons (Fsp3) is 0.467. The summed E-state index contributed by atoms with van der Waals surface area (Å²) in [5.41, 5.74) is 6.39. The maximum Gasteiger partial charge on any atom is 0.337 e. The minimum absolute atomic E-state index is 0.0379. The Kier molecular flexibility index (Phi) is 4.35. The van der Waals surface area contributed by atoms with E-state index >= 15 is 0 Å². The first-order chi connectivity index (χ1) is 9.90. The van der Waals surface area contributed by atoms with Gasteiger partial charge in [-0.25, -0.2) is 9.59 Å². The molecule has 2 amide bonds. The van der Waals surface area contributed by atoms with Gasteiger partial charge in [0.15, 0.2) is 0 Å². The number of urea groups is 1. The van der Waals surface area contributed by atoms with Crippen LogP contribution >= 0.6 is 0 Å². The molecule has 1 aromatic rings. The average Bonchev–Trinajstić information content (AvgIpc) is 2.45. The maximum absolute atomic E-state index is 12.5. The van der Waals surface area contributed by atoms with Crippen LogP contribution in [0.2, 0.25) is 0 Å². The first-order valence-corrected chi connectivity index (χ1v) is 7.05. The van der Waals surface area contributed by atoms with E-state index in [0.29, 0.717) is 30.4 Å². The smallest absolute Gasteiger partial charge is 0.337 e. The number of rotatable bonds is 2. The van der Waals surface area contributed by atoms with E-state index in [4.69, 9.17) is 5.73 Å². The van der Waals surface area contributed by atoms with E-state index < -0.39 is 5.97 Å². The molecule has 1 fully saturated rings. The monoisotopic (exact) mass is 291 g/mol. The molecular formula is C15H21N3O3. The number of hydrogen-bond donors (Lipinski definition) is 2. The third-order valence-corrected chi connectivity index (χ3v) is 3.83. The van der Waals surface area contributed by atoms with Crippen molar-refractivity contribution in [3.8, 4) is 0 Å². The highest BCUT2D eigenvalue weighted by atomic mass is 16.4. The summed E-state index contributed by atoms with van der Waals surface area (Å²) in [5, 5.41) is 9.27. The summed E-state index contributed by atoms with van der Waals surface area (Å²) >= 11 is 0. The van der Waals surface area contributed by atoms with Gasteiger partial charge in [0.2, 0.25) is 0 Å². The number of carbonyl (C=O) groups is 2. The summed E-state index contributed by atoms with van der Waals surface area (Å²) in [7, 11) is 1.60. The molecule has 1 aliphatic heterocycles. The van der Waals surface area contributed by atoms with Crippen molar-refractivity contribution in [3.05, 3.63) is 23.8 Å². The molecule has 1 heterocycles. The van der Waals surface area contributed by atoms with Crippen molar-refractivity contribution in [1.82, 2.24) is 4.90 Å². The van der Waals surface area contributed by atoms with Crippen molar-refractivity contribution in [1.29, 1.82) is 0 Å². The van der Waals surface area contributed by atoms with Crippen LogP contribution in [-0.4, -0.2) is 42.1 Å². The zero-order chi connectivity index (χ0) is 15.6. The van der Waals surface area contributed by atoms with Crippen LogP contribution in [0.4, 0.5) is 16.2 Å². The third kappa shape index (κ3) is 3.26. The standard InChI is InChI=1S/C15H21N3O3/c1-10-4-3-7-18(9-10)15(21)17(2)13-6-5-11(16)8-12(13)14(19)20/h5-6,8,10H,3-4,7,9,16H2,1-2H3,(H,19,20). The molecule has 1 saturated heterocycles. The lowest BCUT2D eigenvalue weighted by atomic mass is 10.0. The van der Waals surface area contributed by atoms with Gasteiger partial charge in [-0.1, -0.05) is 6.92 Å². The van der Waals surface area contributed by atoms with Gasteiger partial charge in [-0.05, 0) is 37.0 Å². The van der Waals surface area contributed by atoms with Crippen molar-refractivity contribution in [3.63, 3.8) is 0 Å². The number of anilines is 2. The molecule has 0 saturated carbocycles. The molecular weight excluding hydrogens is 270 g/mol. The van der Waals surface area contributed by atoms with Gasteiger partial charge >= 0.3 is 12.0 Å². The molecule has 0 aromatic heterocycles. The molecule has 1 aliphatic rings. The summed E-state index contributed by atoms with van der Waals surface area (Å²) < 4.78 is 0. The highest BCUT2D eigenvalue weighted by molar-refractivity contribution is 6.01. The van der Waals surface area contributed by atoms with Gasteiger partial charge < -0.3 is 15.7 Å². The molecule has 6 heteroatoms. The van der Waals surface area contributed by atoms with Gasteiger partial charge in [0, 0.05) is 25.8 Å². The summed E-state index contributed by atoms with van der Waals surface area (Å²) in [6.45, 7) is 3.54. The van der Waals surface area contributed by atoms with Gasteiger partial charge in [-0.3, -0.25) is 4.90 Å². The van der Waals surface area contributed by atoms with Crippen molar-refractivity contribution in [2.45, 2.75) is 19.8 Å². The van der Waals surface area contributed by atoms with Gasteiger partial charge in [-0.2, -0.15) is 0 Å². The molecule has 6 nitrogen and oxygen atoms in total. The number of likely N-dealkylation sites (tertiary alicyclic amines) is 1. The lowest BCUT2D eigenvalue weighted by Gasteiger charge is -2.34. The second-order valence-corrected chi connectivity index (χ2v) is 5.62. The number of hydrogen-bond acceptors (Lipinski definition) is 3. The number of nitrogens with zero attached hydrogens (tertiary/aromatic N) is 2. The molecule has 114 valence electrons. The quantitative estimate of drug-likeness (QED) is 0.818. The van der Waals surface area contributed by atoms with Crippen molar-refractivity contribution in [2.75, 3.05) is 30.8 Å². The van der Waals surface area contributed by atoms with Crippen molar-refractivity contribution >= 4 is 23.4 Å². The number of carboxylic acids is 1. The largest absolute Gasteiger partial charge is 0.478 e. The molecule has 3 N–H and O–H groups in total. The molecule has 2 rings (SSSR count). The van der Waals surface area contributed by atoms with Crippen LogP contribution in [0.15, 0.2) is 18.2 Å². The molecule has 21 heavy (non-hydrogen) atoms. The minimum atomic E-state index is -1.09. The van der Waals surface area contributed by atoms with E-state index in [1.807, 2.05) is 0 Å². The number of benzene rings is 1. The van der Waals surface area contributed by atoms with Gasteiger partial charge in [-0.15, -0.1) is 0 Å². The van der Waals surface area contributed by atoms with Crippen LogP contribution in [0.1, 0.15) is 30.1 Å². The van der Waals surface area contributed by atoms with Crippen LogP contribution in [0, 0.1) is 5.92 Å². The minimum Gasteiger partial charge on any atom is -0.478 e. The van der Waals surface area contributed by atoms with Crippen LogP contribution in [0.3, 0.4) is 0 Å². The van der Waals surface area contributed by atoms with Crippen LogP contribution in [-0.2, 0) is 0 Å². The van der Waals surface area contributed by atoms with Gasteiger partial charge in [0.05, 0.1) is 11.3 Å². The normalized spacial score (nSPS) is 18.4.